The first kappa shape index (κ1) is 14.7. The third-order valence-electron chi connectivity index (χ3n) is 3.30. The molecule has 0 fully saturated rings. The molecule has 1 heterocycles. The van der Waals surface area contributed by atoms with Crippen LogP contribution in [-0.4, -0.2) is 11.7 Å². The van der Waals surface area contributed by atoms with Crippen LogP contribution in [-0.2, 0) is 4.79 Å². The molecule has 3 nitrogen and oxygen atoms in total. The SMILES string of the molecule is CCCCSC1=C(C#N)[C@H](c2ccccc2)CC(=O)N1. The molecule has 0 spiro atoms. The van der Waals surface area contributed by atoms with E-state index in [1.165, 1.54) is 0 Å². The van der Waals surface area contributed by atoms with E-state index in [9.17, 15) is 10.1 Å². The summed E-state index contributed by atoms with van der Waals surface area (Å²) in [5.41, 5.74) is 1.73. The molecule has 1 aliphatic heterocycles. The number of allylic oxidation sites excluding steroid dienone is 1. The van der Waals surface area contributed by atoms with Gasteiger partial charge < -0.3 is 5.32 Å². The second kappa shape index (κ2) is 7.16. The molecule has 0 bridgehead atoms. The maximum atomic E-state index is 11.9. The van der Waals surface area contributed by atoms with Crippen molar-refractivity contribution in [3.05, 3.63) is 46.5 Å². The Morgan fingerprint density at radius 1 is 1.40 bits per heavy atom. The molecule has 0 saturated heterocycles. The second-order valence-corrected chi connectivity index (χ2v) is 5.88. The number of hydrogen-bond acceptors (Lipinski definition) is 3. The van der Waals surface area contributed by atoms with Gasteiger partial charge in [-0.25, -0.2) is 0 Å². The first-order chi connectivity index (χ1) is 9.76. The van der Waals surface area contributed by atoms with Crippen LogP contribution in [0.5, 0.6) is 0 Å². The summed E-state index contributed by atoms with van der Waals surface area (Å²) in [6, 6.07) is 12.1. The predicted octanol–water partition coefficient (Wildman–Crippen LogP) is 3.56. The molecule has 1 atom stereocenters. The van der Waals surface area contributed by atoms with E-state index in [0.29, 0.717) is 12.0 Å². The molecular weight excluding hydrogens is 268 g/mol. The maximum absolute atomic E-state index is 11.9. The molecule has 4 heteroatoms. The Hall–Kier alpha value is -1.73. The van der Waals surface area contributed by atoms with Crippen molar-refractivity contribution in [2.24, 2.45) is 0 Å². The molecule has 1 aromatic carbocycles. The van der Waals surface area contributed by atoms with E-state index in [4.69, 9.17) is 0 Å². The lowest BCUT2D eigenvalue weighted by Crippen LogP contribution is -2.30. The van der Waals surface area contributed by atoms with E-state index in [0.717, 1.165) is 29.2 Å². The van der Waals surface area contributed by atoms with Gasteiger partial charge in [-0.3, -0.25) is 4.79 Å². The van der Waals surface area contributed by atoms with Gasteiger partial charge in [-0.2, -0.15) is 5.26 Å². The highest BCUT2D eigenvalue weighted by molar-refractivity contribution is 8.03. The van der Waals surface area contributed by atoms with Crippen LogP contribution in [0.25, 0.3) is 0 Å². The van der Waals surface area contributed by atoms with Crippen LogP contribution < -0.4 is 5.32 Å². The molecule has 1 N–H and O–H groups in total. The first-order valence-corrected chi connectivity index (χ1v) is 7.86. The number of carbonyl (C=O) groups excluding carboxylic acids is 1. The normalized spacial score (nSPS) is 18.6. The Morgan fingerprint density at radius 3 is 2.80 bits per heavy atom. The van der Waals surface area contributed by atoms with E-state index in [1.807, 2.05) is 30.3 Å². The Labute approximate surface area is 124 Å². The van der Waals surface area contributed by atoms with Gasteiger partial charge >= 0.3 is 0 Å². The molecule has 0 unspecified atom stereocenters. The van der Waals surface area contributed by atoms with E-state index in [-0.39, 0.29) is 11.8 Å². The van der Waals surface area contributed by atoms with Gasteiger partial charge in [0.25, 0.3) is 0 Å². The van der Waals surface area contributed by atoms with Crippen LogP contribution in [0.1, 0.15) is 37.7 Å². The van der Waals surface area contributed by atoms with Gasteiger partial charge in [0.05, 0.1) is 16.7 Å². The van der Waals surface area contributed by atoms with Crippen molar-refractivity contribution < 1.29 is 4.79 Å². The molecule has 0 saturated carbocycles. The highest BCUT2D eigenvalue weighted by atomic mass is 32.2. The maximum Gasteiger partial charge on any atom is 0.225 e. The molecular formula is C16H18N2OS. The fourth-order valence-corrected chi connectivity index (χ4v) is 3.39. The van der Waals surface area contributed by atoms with E-state index < -0.39 is 0 Å². The van der Waals surface area contributed by atoms with Gasteiger partial charge in [0.1, 0.15) is 0 Å². The molecule has 1 aromatic rings. The van der Waals surface area contributed by atoms with Crippen molar-refractivity contribution in [1.29, 1.82) is 5.26 Å². The minimum absolute atomic E-state index is 0.00292. The van der Waals surface area contributed by atoms with Crippen molar-refractivity contribution in [2.75, 3.05) is 5.75 Å². The largest absolute Gasteiger partial charge is 0.320 e. The number of amides is 1. The Bertz CT molecular complexity index is 545. The highest BCUT2D eigenvalue weighted by Crippen LogP contribution is 2.35. The fourth-order valence-electron chi connectivity index (χ4n) is 2.22. The van der Waals surface area contributed by atoms with E-state index in [2.05, 4.69) is 18.3 Å². The fraction of sp³-hybridized carbons (Fsp3) is 0.375. The van der Waals surface area contributed by atoms with Gasteiger partial charge in [0, 0.05) is 12.3 Å². The predicted molar refractivity (Wildman–Crippen MR) is 81.9 cm³/mol. The summed E-state index contributed by atoms with van der Waals surface area (Å²) in [4.78, 5) is 11.9. The number of nitrogens with one attached hydrogen (secondary N) is 1. The van der Waals surface area contributed by atoms with Crippen molar-refractivity contribution in [1.82, 2.24) is 5.32 Å². The van der Waals surface area contributed by atoms with Crippen LogP contribution in [0, 0.1) is 11.3 Å². The monoisotopic (exact) mass is 286 g/mol. The molecule has 1 amide bonds. The van der Waals surface area contributed by atoms with Crippen molar-refractivity contribution >= 4 is 17.7 Å². The van der Waals surface area contributed by atoms with Crippen LogP contribution in [0.2, 0.25) is 0 Å². The number of rotatable bonds is 5. The average molecular weight is 286 g/mol. The smallest absolute Gasteiger partial charge is 0.225 e. The van der Waals surface area contributed by atoms with Crippen molar-refractivity contribution in [2.45, 2.75) is 32.1 Å². The minimum Gasteiger partial charge on any atom is -0.320 e. The molecule has 1 aliphatic rings. The molecule has 0 radical (unpaired) electrons. The average Bonchev–Trinajstić information content (AvgIpc) is 2.48. The Morgan fingerprint density at radius 2 is 2.15 bits per heavy atom. The van der Waals surface area contributed by atoms with Crippen molar-refractivity contribution in [3.8, 4) is 6.07 Å². The van der Waals surface area contributed by atoms with Gasteiger partial charge in [0.2, 0.25) is 5.91 Å². The number of unbranched alkanes of at least 4 members (excludes halogenated alkanes) is 1. The van der Waals surface area contributed by atoms with Gasteiger partial charge in [-0.05, 0) is 17.7 Å². The number of hydrogen-bond donors (Lipinski definition) is 1. The van der Waals surface area contributed by atoms with E-state index in [1.54, 1.807) is 11.8 Å². The summed E-state index contributed by atoms with van der Waals surface area (Å²) in [5.74, 6) is 0.814. The molecule has 2 rings (SSSR count). The number of carbonyl (C=O) groups is 1. The highest BCUT2D eigenvalue weighted by Gasteiger charge is 2.29. The minimum atomic E-state index is -0.112. The standard InChI is InChI=1S/C16H18N2OS/c1-2-3-9-20-16-14(11-17)13(10-15(19)18-16)12-7-5-4-6-8-12/h4-8,13H,2-3,9-10H2,1H3,(H,18,19)/t13-/m0/s1. The quantitative estimate of drug-likeness (QED) is 0.842. The molecule has 0 aromatic heterocycles. The topological polar surface area (TPSA) is 52.9 Å². The second-order valence-electron chi connectivity index (χ2n) is 4.77. The summed E-state index contributed by atoms with van der Waals surface area (Å²) in [6.45, 7) is 2.13. The zero-order chi connectivity index (χ0) is 14.4. The van der Waals surface area contributed by atoms with Gasteiger partial charge in [-0.1, -0.05) is 43.7 Å². The Kier molecular flexibility index (Phi) is 5.25. The number of thioether (sulfide) groups is 1. The van der Waals surface area contributed by atoms with Crippen molar-refractivity contribution in [3.63, 3.8) is 0 Å². The molecule has 20 heavy (non-hydrogen) atoms. The summed E-state index contributed by atoms with van der Waals surface area (Å²) in [5, 5.41) is 13.1. The molecule has 104 valence electrons. The van der Waals surface area contributed by atoms with Crippen LogP contribution in [0.15, 0.2) is 40.9 Å². The van der Waals surface area contributed by atoms with Crippen LogP contribution in [0.4, 0.5) is 0 Å². The third kappa shape index (κ3) is 3.43. The third-order valence-corrected chi connectivity index (χ3v) is 4.41. The lowest BCUT2D eigenvalue weighted by atomic mass is 9.87. The van der Waals surface area contributed by atoms with E-state index >= 15 is 0 Å². The number of nitriles is 1. The lowest BCUT2D eigenvalue weighted by Gasteiger charge is -2.25. The molecule has 0 aliphatic carbocycles. The zero-order valence-electron chi connectivity index (χ0n) is 11.6. The summed E-state index contributed by atoms with van der Waals surface area (Å²) in [7, 11) is 0. The number of benzene rings is 1. The Balaban J connectivity index is 2.28. The summed E-state index contributed by atoms with van der Waals surface area (Å²) < 4.78 is 0. The summed E-state index contributed by atoms with van der Waals surface area (Å²) in [6.07, 6.45) is 2.54. The van der Waals surface area contributed by atoms with Crippen LogP contribution in [0.3, 0.4) is 0 Å². The number of nitrogens with zero attached hydrogens (tertiary/aromatic N) is 1. The zero-order valence-corrected chi connectivity index (χ0v) is 12.4. The van der Waals surface area contributed by atoms with Gasteiger partial charge in [0.15, 0.2) is 0 Å². The summed E-state index contributed by atoms with van der Waals surface area (Å²) >= 11 is 1.58. The lowest BCUT2D eigenvalue weighted by molar-refractivity contribution is -0.120. The van der Waals surface area contributed by atoms with Gasteiger partial charge in [-0.15, -0.1) is 11.8 Å². The first-order valence-electron chi connectivity index (χ1n) is 6.88. The van der Waals surface area contributed by atoms with Crippen LogP contribution >= 0.6 is 11.8 Å².